The van der Waals surface area contributed by atoms with Crippen LogP contribution in [0.15, 0.2) is 48.5 Å². The van der Waals surface area contributed by atoms with Crippen LogP contribution >= 0.6 is 0 Å². The highest BCUT2D eigenvalue weighted by molar-refractivity contribution is 6.00. The third kappa shape index (κ3) is 3.74. The molecule has 6 heteroatoms. The van der Waals surface area contributed by atoms with Crippen molar-refractivity contribution in [1.82, 2.24) is 4.90 Å². The number of carbonyl (C=O) groups is 2. The Bertz CT molecular complexity index is 773. The zero-order valence-electron chi connectivity index (χ0n) is 13.9. The number of carboxylic acid groups (broad SMARTS) is 1. The number of likely N-dealkylation sites (tertiary alicyclic amines) is 1. The molecule has 1 amide bonds. The van der Waals surface area contributed by atoms with Gasteiger partial charge in [0.1, 0.15) is 5.75 Å². The van der Waals surface area contributed by atoms with Crippen molar-refractivity contribution >= 4 is 23.3 Å². The number of carbonyl (C=O) groups excluding carboxylic acids is 1. The Hall–Kier alpha value is -3.02. The van der Waals surface area contributed by atoms with Gasteiger partial charge in [0.25, 0.3) is 5.91 Å². The summed E-state index contributed by atoms with van der Waals surface area (Å²) < 4.78 is 5.14. The van der Waals surface area contributed by atoms with Gasteiger partial charge in [0.2, 0.25) is 0 Å². The van der Waals surface area contributed by atoms with Crippen molar-refractivity contribution in [2.75, 3.05) is 25.5 Å². The first-order valence-corrected chi connectivity index (χ1v) is 8.10. The maximum atomic E-state index is 12.8. The summed E-state index contributed by atoms with van der Waals surface area (Å²) in [4.78, 5) is 25.5. The Labute approximate surface area is 146 Å². The number of nitrogens with one attached hydrogen (secondary N) is 1. The number of nitrogens with zero attached hydrogens (tertiary/aromatic N) is 1. The van der Waals surface area contributed by atoms with E-state index in [-0.39, 0.29) is 12.5 Å². The topological polar surface area (TPSA) is 78.9 Å². The van der Waals surface area contributed by atoms with E-state index < -0.39 is 11.9 Å². The molecule has 1 fully saturated rings. The van der Waals surface area contributed by atoms with E-state index in [9.17, 15) is 9.59 Å². The second-order valence-electron chi connectivity index (χ2n) is 5.97. The molecule has 0 bridgehead atoms. The monoisotopic (exact) mass is 340 g/mol. The average molecular weight is 340 g/mol. The summed E-state index contributed by atoms with van der Waals surface area (Å²) in [6.07, 6.45) is 0.495. The third-order valence-corrected chi connectivity index (χ3v) is 4.35. The number of anilines is 2. The number of methoxy groups -OCH3 is 1. The Morgan fingerprint density at radius 3 is 2.52 bits per heavy atom. The van der Waals surface area contributed by atoms with E-state index in [2.05, 4.69) is 5.32 Å². The van der Waals surface area contributed by atoms with E-state index in [1.807, 2.05) is 36.4 Å². The molecular formula is C19H20N2O4. The molecule has 130 valence electrons. The molecule has 0 radical (unpaired) electrons. The summed E-state index contributed by atoms with van der Waals surface area (Å²) >= 11 is 0. The first kappa shape index (κ1) is 16.8. The molecule has 3 rings (SSSR count). The maximum Gasteiger partial charge on any atom is 0.308 e. The van der Waals surface area contributed by atoms with Gasteiger partial charge in [0.05, 0.1) is 24.3 Å². The van der Waals surface area contributed by atoms with E-state index in [1.165, 1.54) is 0 Å². The minimum Gasteiger partial charge on any atom is -0.497 e. The van der Waals surface area contributed by atoms with Crippen molar-refractivity contribution in [2.45, 2.75) is 6.42 Å². The molecule has 1 aliphatic rings. The molecule has 2 aromatic carbocycles. The van der Waals surface area contributed by atoms with E-state index in [1.54, 1.807) is 24.1 Å². The van der Waals surface area contributed by atoms with Gasteiger partial charge in [-0.1, -0.05) is 12.1 Å². The van der Waals surface area contributed by atoms with Crippen LogP contribution in [0.5, 0.6) is 5.75 Å². The summed E-state index contributed by atoms with van der Waals surface area (Å²) in [5.74, 6) is -0.724. The minimum atomic E-state index is -0.847. The number of amides is 1. The number of benzene rings is 2. The summed E-state index contributed by atoms with van der Waals surface area (Å²) in [5, 5.41) is 12.4. The van der Waals surface area contributed by atoms with Crippen molar-refractivity contribution in [3.8, 4) is 5.75 Å². The molecule has 1 saturated heterocycles. The van der Waals surface area contributed by atoms with Gasteiger partial charge in [-0.05, 0) is 42.8 Å². The van der Waals surface area contributed by atoms with Crippen LogP contribution in [0.3, 0.4) is 0 Å². The maximum absolute atomic E-state index is 12.8. The minimum absolute atomic E-state index is 0.152. The van der Waals surface area contributed by atoms with Crippen LogP contribution in [0.25, 0.3) is 0 Å². The summed E-state index contributed by atoms with van der Waals surface area (Å²) in [7, 11) is 1.61. The number of ether oxygens (including phenoxy) is 1. The standard InChI is InChI=1S/C19H20N2O4/c1-25-15-8-6-14(7-9-15)20-17-5-3-2-4-16(17)18(22)21-11-10-13(12-21)19(23)24/h2-9,13,20H,10-12H2,1H3,(H,23,24)/t13-/m0/s1. The van der Waals surface area contributed by atoms with Crippen molar-refractivity contribution < 1.29 is 19.4 Å². The SMILES string of the molecule is COc1ccc(Nc2ccccc2C(=O)N2CC[C@H](C(=O)O)C2)cc1. The Kier molecular flexibility index (Phi) is 4.88. The molecule has 2 N–H and O–H groups in total. The van der Waals surface area contributed by atoms with Gasteiger partial charge in [0, 0.05) is 18.8 Å². The van der Waals surface area contributed by atoms with Crippen molar-refractivity contribution in [2.24, 2.45) is 5.92 Å². The fourth-order valence-electron chi connectivity index (χ4n) is 2.93. The van der Waals surface area contributed by atoms with Gasteiger partial charge in [-0.3, -0.25) is 9.59 Å². The highest BCUT2D eigenvalue weighted by atomic mass is 16.5. The van der Waals surface area contributed by atoms with Crippen LogP contribution in [-0.2, 0) is 4.79 Å². The van der Waals surface area contributed by atoms with Crippen molar-refractivity contribution in [1.29, 1.82) is 0 Å². The lowest BCUT2D eigenvalue weighted by Crippen LogP contribution is -2.30. The Balaban J connectivity index is 1.78. The van der Waals surface area contributed by atoms with Gasteiger partial charge >= 0.3 is 5.97 Å². The molecule has 2 aromatic rings. The molecule has 1 atom stereocenters. The summed E-state index contributed by atoms with van der Waals surface area (Å²) in [5.41, 5.74) is 2.06. The zero-order valence-corrected chi connectivity index (χ0v) is 13.9. The lowest BCUT2D eigenvalue weighted by molar-refractivity contribution is -0.141. The molecular weight excluding hydrogens is 320 g/mol. The van der Waals surface area contributed by atoms with Crippen LogP contribution < -0.4 is 10.1 Å². The second kappa shape index (κ2) is 7.25. The first-order valence-electron chi connectivity index (χ1n) is 8.10. The molecule has 0 spiro atoms. The van der Waals surface area contributed by atoms with Crippen LogP contribution in [0.4, 0.5) is 11.4 Å². The van der Waals surface area contributed by atoms with E-state index in [0.29, 0.717) is 24.2 Å². The summed E-state index contributed by atoms with van der Waals surface area (Å²) in [6.45, 7) is 0.720. The fourth-order valence-corrected chi connectivity index (χ4v) is 2.93. The van der Waals surface area contributed by atoms with Gasteiger partial charge in [-0.25, -0.2) is 0 Å². The van der Waals surface area contributed by atoms with E-state index >= 15 is 0 Å². The van der Waals surface area contributed by atoms with Crippen LogP contribution in [0.1, 0.15) is 16.8 Å². The fraction of sp³-hybridized carbons (Fsp3) is 0.263. The normalized spacial score (nSPS) is 16.5. The van der Waals surface area contributed by atoms with Gasteiger partial charge < -0.3 is 20.1 Å². The first-order chi connectivity index (χ1) is 12.1. The summed E-state index contributed by atoms with van der Waals surface area (Å²) in [6, 6.07) is 14.7. The quantitative estimate of drug-likeness (QED) is 0.875. The third-order valence-electron chi connectivity index (χ3n) is 4.35. The smallest absolute Gasteiger partial charge is 0.308 e. The van der Waals surface area contributed by atoms with Crippen LogP contribution in [-0.4, -0.2) is 42.1 Å². The van der Waals surface area contributed by atoms with Crippen molar-refractivity contribution in [3.63, 3.8) is 0 Å². The number of para-hydroxylation sites is 1. The Morgan fingerprint density at radius 1 is 1.16 bits per heavy atom. The molecule has 25 heavy (non-hydrogen) atoms. The molecule has 6 nitrogen and oxygen atoms in total. The highest BCUT2D eigenvalue weighted by Crippen LogP contribution is 2.26. The predicted molar refractivity (Wildman–Crippen MR) is 94.4 cm³/mol. The molecule has 0 aliphatic carbocycles. The largest absolute Gasteiger partial charge is 0.497 e. The van der Waals surface area contributed by atoms with Gasteiger partial charge in [0.15, 0.2) is 0 Å². The molecule has 0 aromatic heterocycles. The molecule has 1 aliphatic heterocycles. The van der Waals surface area contributed by atoms with Crippen LogP contribution in [0, 0.1) is 5.92 Å². The van der Waals surface area contributed by atoms with E-state index in [4.69, 9.17) is 9.84 Å². The molecule has 0 saturated carbocycles. The number of hydrogen-bond acceptors (Lipinski definition) is 4. The lowest BCUT2D eigenvalue weighted by atomic mass is 10.1. The zero-order chi connectivity index (χ0) is 17.8. The highest BCUT2D eigenvalue weighted by Gasteiger charge is 2.31. The lowest BCUT2D eigenvalue weighted by Gasteiger charge is -2.19. The molecule has 0 unspecified atom stereocenters. The number of carboxylic acids is 1. The average Bonchev–Trinajstić information content (AvgIpc) is 3.13. The number of hydrogen-bond donors (Lipinski definition) is 2. The van der Waals surface area contributed by atoms with Crippen LogP contribution in [0.2, 0.25) is 0 Å². The van der Waals surface area contributed by atoms with Crippen molar-refractivity contribution in [3.05, 3.63) is 54.1 Å². The van der Waals surface area contributed by atoms with Gasteiger partial charge in [-0.2, -0.15) is 0 Å². The second-order valence-corrected chi connectivity index (χ2v) is 5.97. The van der Waals surface area contributed by atoms with E-state index in [0.717, 1.165) is 11.4 Å². The Morgan fingerprint density at radius 2 is 1.88 bits per heavy atom. The predicted octanol–water partition coefficient (Wildman–Crippen LogP) is 2.99. The molecule has 1 heterocycles. The number of rotatable bonds is 5. The van der Waals surface area contributed by atoms with Gasteiger partial charge in [-0.15, -0.1) is 0 Å². The number of aliphatic carboxylic acids is 1.